The summed E-state index contributed by atoms with van der Waals surface area (Å²) in [5, 5.41) is 5.88. The van der Waals surface area contributed by atoms with Crippen molar-refractivity contribution in [3.63, 3.8) is 0 Å². The van der Waals surface area contributed by atoms with E-state index in [2.05, 4.69) is 5.10 Å². The predicted molar refractivity (Wildman–Crippen MR) is 116 cm³/mol. The summed E-state index contributed by atoms with van der Waals surface area (Å²) in [4.78, 5) is 27.2. The fraction of sp³-hybridized carbons (Fsp3) is 0.292. The average molecular weight is 453 g/mol. The second-order valence-electron chi connectivity index (χ2n) is 7.57. The van der Waals surface area contributed by atoms with Gasteiger partial charge in [0.15, 0.2) is 0 Å². The van der Waals surface area contributed by atoms with Gasteiger partial charge in [0, 0.05) is 13.0 Å². The number of hydrazone groups is 1. The van der Waals surface area contributed by atoms with E-state index in [0.717, 1.165) is 5.56 Å². The Kier molecular flexibility index (Phi) is 6.99. The van der Waals surface area contributed by atoms with Crippen LogP contribution in [0.2, 0.25) is 0 Å². The second kappa shape index (κ2) is 10.3. The molecule has 0 saturated carbocycles. The molecule has 1 aliphatic heterocycles. The van der Waals surface area contributed by atoms with Gasteiger partial charge in [0.2, 0.25) is 0 Å². The third-order valence-corrected chi connectivity index (χ3v) is 5.18. The van der Waals surface area contributed by atoms with Crippen LogP contribution in [-0.2, 0) is 20.9 Å². The zero-order chi connectivity index (χ0) is 23.2. The highest BCUT2D eigenvalue weighted by molar-refractivity contribution is 6.01. The van der Waals surface area contributed by atoms with Crippen LogP contribution in [0, 0.1) is 5.82 Å². The van der Waals surface area contributed by atoms with Gasteiger partial charge in [-0.2, -0.15) is 5.10 Å². The van der Waals surface area contributed by atoms with Gasteiger partial charge >= 0.3 is 5.97 Å². The molecule has 1 unspecified atom stereocenters. The number of nitrogens with zero attached hydrogens (tertiary/aromatic N) is 3. The summed E-state index contributed by atoms with van der Waals surface area (Å²) in [7, 11) is 0. The molecule has 3 aromatic rings. The molecule has 172 valence electrons. The molecule has 2 aromatic heterocycles. The van der Waals surface area contributed by atoms with Gasteiger partial charge in [0.1, 0.15) is 29.1 Å². The fourth-order valence-corrected chi connectivity index (χ4v) is 3.70. The molecule has 33 heavy (non-hydrogen) atoms. The van der Waals surface area contributed by atoms with Crippen LogP contribution in [0.15, 0.2) is 75.0 Å². The Balaban J connectivity index is 1.54. The first-order valence-corrected chi connectivity index (χ1v) is 10.6. The molecule has 1 atom stereocenters. The van der Waals surface area contributed by atoms with E-state index in [-0.39, 0.29) is 38.0 Å². The molecule has 1 amide bonds. The maximum atomic E-state index is 13.4. The lowest BCUT2D eigenvalue weighted by Gasteiger charge is -2.25. The lowest BCUT2D eigenvalue weighted by atomic mass is 10.1. The molecule has 4 rings (SSSR count). The molecule has 0 spiro atoms. The van der Waals surface area contributed by atoms with Gasteiger partial charge in [-0.25, -0.2) is 9.40 Å². The number of benzene rings is 1. The van der Waals surface area contributed by atoms with E-state index >= 15 is 0 Å². The summed E-state index contributed by atoms with van der Waals surface area (Å²) in [6.45, 7) is 2.03. The lowest BCUT2D eigenvalue weighted by molar-refractivity contribution is -0.145. The topological polar surface area (TPSA) is 88.5 Å². The van der Waals surface area contributed by atoms with Gasteiger partial charge in [-0.05, 0) is 48.9 Å². The van der Waals surface area contributed by atoms with E-state index in [1.807, 2.05) is 0 Å². The van der Waals surface area contributed by atoms with Crippen LogP contribution in [0.1, 0.15) is 36.5 Å². The standard InChI is InChI=1S/C24H24FN3O5/c1-2-31-24(30)16-27(14-17-7-9-18(25)10-8-17)15-23(29)28-20(22-6-4-12-33-22)13-19(26-28)21-5-3-11-32-21/h3-12,20H,2,13-16H2,1H3. The maximum absolute atomic E-state index is 13.4. The zero-order valence-electron chi connectivity index (χ0n) is 18.1. The summed E-state index contributed by atoms with van der Waals surface area (Å²) in [5.41, 5.74) is 1.39. The van der Waals surface area contributed by atoms with E-state index in [1.165, 1.54) is 17.1 Å². The van der Waals surface area contributed by atoms with E-state index in [0.29, 0.717) is 23.7 Å². The molecule has 9 heteroatoms. The Bertz CT molecular complexity index is 1090. The number of amides is 1. The van der Waals surface area contributed by atoms with Crippen LogP contribution in [0.3, 0.4) is 0 Å². The smallest absolute Gasteiger partial charge is 0.320 e. The summed E-state index contributed by atoms with van der Waals surface area (Å²) in [6, 6.07) is 12.6. The van der Waals surface area contributed by atoms with Gasteiger partial charge in [0.25, 0.3) is 5.91 Å². The Morgan fingerprint density at radius 2 is 1.88 bits per heavy atom. The van der Waals surface area contributed by atoms with Gasteiger partial charge in [-0.3, -0.25) is 14.5 Å². The van der Waals surface area contributed by atoms with E-state index < -0.39 is 12.0 Å². The molecule has 0 fully saturated rings. The van der Waals surface area contributed by atoms with Crippen molar-refractivity contribution >= 4 is 17.6 Å². The van der Waals surface area contributed by atoms with Gasteiger partial charge in [-0.1, -0.05) is 12.1 Å². The average Bonchev–Trinajstić information content (AvgIpc) is 3.55. The van der Waals surface area contributed by atoms with Crippen molar-refractivity contribution in [1.82, 2.24) is 9.91 Å². The van der Waals surface area contributed by atoms with Crippen molar-refractivity contribution in [2.75, 3.05) is 19.7 Å². The first-order valence-electron chi connectivity index (χ1n) is 10.6. The quantitative estimate of drug-likeness (QED) is 0.459. The molecule has 1 aromatic carbocycles. The number of hydrogen-bond acceptors (Lipinski definition) is 7. The number of furan rings is 2. The third-order valence-electron chi connectivity index (χ3n) is 5.18. The summed E-state index contributed by atoms with van der Waals surface area (Å²) in [6.07, 6.45) is 3.53. The van der Waals surface area contributed by atoms with E-state index in [9.17, 15) is 14.0 Å². The van der Waals surface area contributed by atoms with Crippen LogP contribution < -0.4 is 0 Å². The molecular formula is C24H24FN3O5. The first kappa shape index (κ1) is 22.5. The maximum Gasteiger partial charge on any atom is 0.320 e. The Labute approximate surface area is 190 Å². The summed E-state index contributed by atoms with van der Waals surface area (Å²) >= 11 is 0. The van der Waals surface area contributed by atoms with Gasteiger partial charge in [0.05, 0.1) is 32.2 Å². The molecule has 3 heterocycles. The number of hydrogen-bond donors (Lipinski definition) is 0. The number of carbonyl (C=O) groups is 2. The van der Waals surface area contributed by atoms with E-state index in [4.69, 9.17) is 13.6 Å². The van der Waals surface area contributed by atoms with Crippen molar-refractivity contribution < 1.29 is 27.6 Å². The summed E-state index contributed by atoms with van der Waals surface area (Å²) < 4.78 is 29.4. The SMILES string of the molecule is CCOC(=O)CN(CC(=O)N1N=C(c2ccco2)CC1c1ccco1)Cc1ccc(F)cc1. The molecule has 0 aliphatic carbocycles. The van der Waals surface area contributed by atoms with Crippen LogP contribution in [0.4, 0.5) is 4.39 Å². The normalized spacial score (nSPS) is 15.7. The fourth-order valence-electron chi connectivity index (χ4n) is 3.70. The number of carbonyl (C=O) groups excluding carboxylic acids is 2. The Hall–Kier alpha value is -3.72. The number of halogens is 1. The van der Waals surface area contributed by atoms with Gasteiger partial charge < -0.3 is 13.6 Å². The van der Waals surface area contributed by atoms with Crippen molar-refractivity contribution in [3.8, 4) is 0 Å². The minimum Gasteiger partial charge on any atom is -0.467 e. The number of rotatable bonds is 9. The molecular weight excluding hydrogens is 429 g/mol. The predicted octanol–water partition coefficient (Wildman–Crippen LogP) is 3.75. The molecule has 8 nitrogen and oxygen atoms in total. The molecule has 0 radical (unpaired) electrons. The highest BCUT2D eigenvalue weighted by Gasteiger charge is 2.36. The Morgan fingerprint density at radius 3 is 2.55 bits per heavy atom. The monoisotopic (exact) mass is 453 g/mol. The van der Waals surface area contributed by atoms with Crippen LogP contribution in [-0.4, -0.2) is 47.2 Å². The number of ether oxygens (including phenoxy) is 1. The molecule has 1 aliphatic rings. The van der Waals surface area contributed by atoms with Crippen LogP contribution in [0.25, 0.3) is 0 Å². The molecule has 0 N–H and O–H groups in total. The van der Waals surface area contributed by atoms with E-state index in [1.54, 1.807) is 60.7 Å². The van der Waals surface area contributed by atoms with Crippen LogP contribution in [0.5, 0.6) is 0 Å². The third kappa shape index (κ3) is 5.56. The van der Waals surface area contributed by atoms with Crippen molar-refractivity contribution in [1.29, 1.82) is 0 Å². The minimum absolute atomic E-state index is 0.0923. The second-order valence-corrected chi connectivity index (χ2v) is 7.57. The lowest BCUT2D eigenvalue weighted by Crippen LogP contribution is -2.40. The van der Waals surface area contributed by atoms with Crippen LogP contribution >= 0.6 is 0 Å². The zero-order valence-corrected chi connectivity index (χ0v) is 18.1. The summed E-state index contributed by atoms with van der Waals surface area (Å²) in [5.74, 6) is 0.0613. The van der Waals surface area contributed by atoms with Gasteiger partial charge in [-0.15, -0.1) is 0 Å². The van der Waals surface area contributed by atoms with Crippen molar-refractivity contribution in [3.05, 3.63) is 84.0 Å². The highest BCUT2D eigenvalue weighted by atomic mass is 19.1. The molecule has 0 bridgehead atoms. The largest absolute Gasteiger partial charge is 0.467 e. The van der Waals surface area contributed by atoms with Crippen molar-refractivity contribution in [2.24, 2.45) is 5.10 Å². The number of esters is 1. The van der Waals surface area contributed by atoms with Crippen molar-refractivity contribution in [2.45, 2.75) is 25.9 Å². The first-order chi connectivity index (χ1) is 16.0. The minimum atomic E-state index is -0.448. The molecule has 0 saturated heterocycles. The highest BCUT2D eigenvalue weighted by Crippen LogP contribution is 2.33. The Morgan fingerprint density at radius 1 is 1.12 bits per heavy atom.